The Balaban J connectivity index is 1.29. The van der Waals surface area contributed by atoms with Gasteiger partial charge in [0.1, 0.15) is 11.6 Å². The molecule has 2 fully saturated rings. The number of hydrogen-bond acceptors (Lipinski definition) is 10. The normalized spacial score (nSPS) is 18.4. The third-order valence-corrected chi connectivity index (χ3v) is 8.50. The molecule has 0 amide bonds. The van der Waals surface area contributed by atoms with Gasteiger partial charge < -0.3 is 15.3 Å². The Morgan fingerprint density at radius 1 is 1.14 bits per heavy atom. The molecule has 0 bridgehead atoms. The maximum Gasteiger partial charge on any atom is 0.256 e. The van der Waals surface area contributed by atoms with Gasteiger partial charge in [0.05, 0.1) is 40.2 Å². The number of aliphatic hydroxyl groups excluding tert-OH is 1. The first kappa shape index (κ1) is 22.9. The zero-order valence-corrected chi connectivity index (χ0v) is 20.8. The van der Waals surface area contributed by atoms with Gasteiger partial charge in [-0.15, -0.1) is 0 Å². The van der Waals surface area contributed by atoms with E-state index in [-0.39, 0.29) is 17.4 Å². The zero-order chi connectivity index (χ0) is 25.0. The van der Waals surface area contributed by atoms with Crippen LogP contribution in [0.2, 0.25) is 0 Å². The van der Waals surface area contributed by atoms with Crippen LogP contribution in [0, 0.1) is 0 Å². The highest BCUT2D eigenvalue weighted by Gasteiger charge is 2.37. The van der Waals surface area contributed by atoms with E-state index in [0.717, 1.165) is 33.8 Å². The van der Waals surface area contributed by atoms with E-state index in [1.807, 2.05) is 10.7 Å². The Labute approximate surface area is 208 Å². The minimum atomic E-state index is -3.45. The van der Waals surface area contributed by atoms with E-state index >= 15 is 0 Å². The predicted octanol–water partition coefficient (Wildman–Crippen LogP) is 2.32. The summed E-state index contributed by atoms with van der Waals surface area (Å²) in [7, 11) is -3.45. The van der Waals surface area contributed by atoms with Gasteiger partial charge in [-0.25, -0.2) is 23.4 Å². The predicted molar refractivity (Wildman–Crippen MR) is 135 cm³/mol. The first-order chi connectivity index (χ1) is 17.3. The van der Waals surface area contributed by atoms with E-state index in [1.165, 1.54) is 12.4 Å². The topological polar surface area (TPSA) is 144 Å². The molecule has 2 N–H and O–H groups in total. The number of fused-ring (bicyclic) bond motifs is 1. The molecule has 1 atom stereocenters. The standard InChI is InChI=1S/C23H27N9O3S/c1-14(2)32-19-9-21(25-11-18(19)23(29-32)30-8-6-16(33)13-30)27-20-5-7-24-22(28-20)15-10-26-31(12-15)36(34,35)17-3-4-17/h5,7,9-12,14,16-17,33H,3-4,6,8,13H2,1-2H3,(H,24,25,27,28)/t16-/m1/s1. The van der Waals surface area contributed by atoms with Crippen LogP contribution in [0.3, 0.4) is 0 Å². The van der Waals surface area contributed by atoms with Crippen LogP contribution in [0.4, 0.5) is 17.5 Å². The number of nitrogens with zero attached hydrogens (tertiary/aromatic N) is 8. The lowest BCUT2D eigenvalue weighted by Gasteiger charge is -2.14. The molecule has 1 aliphatic heterocycles. The summed E-state index contributed by atoms with van der Waals surface area (Å²) in [5, 5.41) is 22.6. The zero-order valence-electron chi connectivity index (χ0n) is 20.0. The van der Waals surface area contributed by atoms with Gasteiger partial charge in [0.2, 0.25) is 0 Å². The lowest BCUT2D eigenvalue weighted by molar-refractivity contribution is 0.198. The van der Waals surface area contributed by atoms with Crippen LogP contribution < -0.4 is 10.2 Å². The monoisotopic (exact) mass is 509 g/mol. The number of rotatable bonds is 7. The van der Waals surface area contributed by atoms with E-state index in [0.29, 0.717) is 42.4 Å². The first-order valence-corrected chi connectivity index (χ1v) is 13.5. The van der Waals surface area contributed by atoms with E-state index in [4.69, 9.17) is 5.10 Å². The molecule has 4 aromatic heterocycles. The van der Waals surface area contributed by atoms with Crippen LogP contribution in [0.1, 0.15) is 39.2 Å². The molecule has 5 heterocycles. The first-order valence-electron chi connectivity index (χ1n) is 12.0. The Morgan fingerprint density at radius 3 is 2.69 bits per heavy atom. The third-order valence-electron chi connectivity index (χ3n) is 6.46. The maximum atomic E-state index is 12.4. The summed E-state index contributed by atoms with van der Waals surface area (Å²) in [6.07, 6.45) is 8.03. The summed E-state index contributed by atoms with van der Waals surface area (Å²) >= 11 is 0. The second-order valence-corrected chi connectivity index (χ2v) is 11.6. The number of pyridine rings is 1. The highest BCUT2D eigenvalue weighted by Crippen LogP contribution is 2.32. The van der Waals surface area contributed by atoms with Crippen molar-refractivity contribution in [2.75, 3.05) is 23.3 Å². The molecule has 12 nitrogen and oxygen atoms in total. The Hall–Kier alpha value is -3.58. The highest BCUT2D eigenvalue weighted by atomic mass is 32.2. The van der Waals surface area contributed by atoms with Crippen molar-refractivity contribution in [3.8, 4) is 11.4 Å². The average Bonchev–Trinajstić information content (AvgIpc) is 3.27. The van der Waals surface area contributed by atoms with Gasteiger partial charge in [0.25, 0.3) is 10.0 Å². The van der Waals surface area contributed by atoms with Gasteiger partial charge in [0.15, 0.2) is 11.6 Å². The van der Waals surface area contributed by atoms with E-state index in [9.17, 15) is 13.5 Å². The van der Waals surface area contributed by atoms with Crippen LogP contribution in [0.5, 0.6) is 0 Å². The fourth-order valence-electron chi connectivity index (χ4n) is 4.42. The van der Waals surface area contributed by atoms with E-state index in [2.05, 4.69) is 44.1 Å². The van der Waals surface area contributed by atoms with Crippen molar-refractivity contribution in [3.05, 3.63) is 36.9 Å². The number of nitrogens with one attached hydrogen (secondary N) is 1. The van der Waals surface area contributed by atoms with Gasteiger partial charge in [0, 0.05) is 37.6 Å². The molecule has 1 aliphatic carbocycles. The Morgan fingerprint density at radius 2 is 1.97 bits per heavy atom. The van der Waals surface area contributed by atoms with Gasteiger partial charge >= 0.3 is 0 Å². The number of hydrogen-bond donors (Lipinski definition) is 2. The summed E-state index contributed by atoms with van der Waals surface area (Å²) < 4.78 is 27.9. The third kappa shape index (κ3) is 4.07. The smallest absolute Gasteiger partial charge is 0.256 e. The van der Waals surface area contributed by atoms with Crippen molar-refractivity contribution in [1.82, 2.24) is 33.9 Å². The molecule has 4 aromatic rings. The largest absolute Gasteiger partial charge is 0.391 e. The highest BCUT2D eigenvalue weighted by molar-refractivity contribution is 7.90. The van der Waals surface area contributed by atoms with Crippen molar-refractivity contribution in [2.45, 2.75) is 50.5 Å². The molecule has 1 saturated heterocycles. The van der Waals surface area contributed by atoms with Crippen LogP contribution in [0.15, 0.2) is 36.9 Å². The van der Waals surface area contributed by atoms with Crippen molar-refractivity contribution in [1.29, 1.82) is 0 Å². The molecule has 2 aliphatic rings. The Bertz CT molecular complexity index is 1540. The van der Waals surface area contributed by atoms with Gasteiger partial charge in [-0.2, -0.15) is 14.3 Å². The summed E-state index contributed by atoms with van der Waals surface area (Å²) in [4.78, 5) is 15.5. The molecule has 13 heteroatoms. The van der Waals surface area contributed by atoms with E-state index < -0.39 is 10.0 Å². The number of β-amino-alcohol motifs (C(OH)–C–C–N with tert-alkyl or cyclic N) is 1. The Kier molecular flexibility index (Phi) is 5.41. The van der Waals surface area contributed by atoms with Crippen molar-refractivity contribution < 1.29 is 13.5 Å². The molecular formula is C23H27N9O3S. The number of anilines is 3. The molecule has 0 radical (unpaired) electrons. The minimum Gasteiger partial charge on any atom is -0.391 e. The van der Waals surface area contributed by atoms with Crippen LogP contribution >= 0.6 is 0 Å². The molecule has 1 saturated carbocycles. The van der Waals surface area contributed by atoms with Crippen LogP contribution in [-0.4, -0.2) is 71.9 Å². The van der Waals surface area contributed by atoms with Gasteiger partial charge in [-0.3, -0.25) is 4.68 Å². The van der Waals surface area contributed by atoms with E-state index in [1.54, 1.807) is 18.5 Å². The molecule has 0 spiro atoms. The van der Waals surface area contributed by atoms with Crippen LogP contribution in [0.25, 0.3) is 22.3 Å². The number of aliphatic hydroxyl groups is 1. The van der Waals surface area contributed by atoms with Gasteiger partial charge in [-0.1, -0.05) is 0 Å². The second kappa shape index (κ2) is 8.52. The fraction of sp³-hybridized carbons (Fsp3) is 0.435. The lowest BCUT2D eigenvalue weighted by Crippen LogP contribution is -2.22. The SMILES string of the molecule is CC(C)n1nc(N2CC[C@@H](O)C2)c2cnc(Nc3ccnc(-c4cnn(S(=O)(=O)C5CC5)c4)n3)cc21. The molecule has 36 heavy (non-hydrogen) atoms. The second-order valence-electron chi connectivity index (χ2n) is 9.57. The molecule has 0 aromatic carbocycles. The molecular weight excluding hydrogens is 482 g/mol. The number of aromatic nitrogens is 7. The molecule has 6 rings (SSSR count). The molecule has 0 unspecified atom stereocenters. The van der Waals surface area contributed by atoms with Crippen molar-refractivity contribution in [2.24, 2.45) is 0 Å². The summed E-state index contributed by atoms with van der Waals surface area (Å²) in [6, 6.07) is 3.79. The fourth-order valence-corrected chi connectivity index (χ4v) is 5.90. The van der Waals surface area contributed by atoms with Crippen molar-refractivity contribution in [3.63, 3.8) is 0 Å². The average molecular weight is 510 g/mol. The summed E-state index contributed by atoms with van der Waals surface area (Å²) in [5.74, 6) is 2.30. The maximum absolute atomic E-state index is 12.4. The molecule has 188 valence electrons. The quantitative estimate of drug-likeness (QED) is 0.381. The van der Waals surface area contributed by atoms with Crippen LogP contribution in [-0.2, 0) is 10.0 Å². The van der Waals surface area contributed by atoms with Gasteiger partial charge in [-0.05, 0) is 39.2 Å². The van der Waals surface area contributed by atoms with Crippen molar-refractivity contribution >= 4 is 38.4 Å². The minimum absolute atomic E-state index is 0.137. The lowest BCUT2D eigenvalue weighted by atomic mass is 10.2. The summed E-state index contributed by atoms with van der Waals surface area (Å²) in [6.45, 7) is 5.46. The summed E-state index contributed by atoms with van der Waals surface area (Å²) in [5.41, 5.74) is 1.45.